The summed E-state index contributed by atoms with van der Waals surface area (Å²) in [5.74, 6) is -4.63. The van der Waals surface area contributed by atoms with Gasteiger partial charge in [-0.3, -0.25) is 4.68 Å². The molecule has 1 atom stereocenters. The Morgan fingerprint density at radius 2 is 2.08 bits per heavy atom. The van der Waals surface area contributed by atoms with E-state index < -0.39 is 24.5 Å². The normalized spacial score (nSPS) is 12.9. The van der Waals surface area contributed by atoms with E-state index in [0.717, 1.165) is 0 Å². The minimum atomic E-state index is -3.92. The maximum absolute atomic E-state index is 13.6. The van der Waals surface area contributed by atoms with Gasteiger partial charge in [0.05, 0.1) is 24.9 Å². The second kappa shape index (κ2) is 8.19. The van der Waals surface area contributed by atoms with Gasteiger partial charge in [0.15, 0.2) is 0 Å². The molecule has 2 rings (SSSR count). The third-order valence-corrected chi connectivity index (χ3v) is 3.28. The van der Waals surface area contributed by atoms with Crippen LogP contribution in [0.5, 0.6) is 5.75 Å². The predicted octanol–water partition coefficient (Wildman–Crippen LogP) is 1.73. The Bertz CT molecular complexity index is 751. The summed E-state index contributed by atoms with van der Waals surface area (Å²) < 4.78 is 49.1. The molecule has 2 N–H and O–H groups in total. The number of aromatic nitrogens is 2. The number of halogens is 3. The molecule has 0 bridgehead atoms. The van der Waals surface area contributed by atoms with Gasteiger partial charge in [0.25, 0.3) is 18.6 Å². The zero-order valence-corrected chi connectivity index (χ0v) is 13.7. The number of ether oxygens (including phenoxy) is 2. The molecule has 0 radical (unpaired) electrons. The van der Waals surface area contributed by atoms with E-state index in [2.05, 4.69) is 9.84 Å². The highest BCUT2D eigenvalue weighted by molar-refractivity contribution is 5.88. The van der Waals surface area contributed by atoms with Crippen molar-refractivity contribution in [1.29, 1.82) is 0 Å². The minimum absolute atomic E-state index is 0.172. The SMILES string of the molecule is CCOC(=O)c1cnn(Cc2cccc(OC(F)C(O)(O)C(F)F)c2)c1. The zero-order valence-electron chi connectivity index (χ0n) is 13.7. The number of hydrogen-bond donors (Lipinski definition) is 2. The van der Waals surface area contributed by atoms with Crippen molar-refractivity contribution in [1.82, 2.24) is 9.78 Å². The van der Waals surface area contributed by atoms with Crippen LogP contribution in [0.15, 0.2) is 36.7 Å². The van der Waals surface area contributed by atoms with Crippen molar-refractivity contribution in [3.63, 3.8) is 0 Å². The monoisotopic (exact) mass is 374 g/mol. The quantitative estimate of drug-likeness (QED) is 0.540. The van der Waals surface area contributed by atoms with E-state index in [0.29, 0.717) is 5.56 Å². The maximum atomic E-state index is 13.6. The van der Waals surface area contributed by atoms with Crippen LogP contribution in [-0.4, -0.2) is 51.1 Å². The molecule has 1 aromatic heterocycles. The Hall–Kier alpha value is -2.59. The van der Waals surface area contributed by atoms with Crippen molar-refractivity contribution in [3.05, 3.63) is 47.8 Å². The molecule has 142 valence electrons. The first-order chi connectivity index (χ1) is 12.2. The number of carbonyl (C=O) groups is 1. The molecule has 1 unspecified atom stereocenters. The highest BCUT2D eigenvalue weighted by Gasteiger charge is 2.46. The Balaban J connectivity index is 2.07. The average Bonchev–Trinajstić information content (AvgIpc) is 3.03. The molecule has 10 heteroatoms. The molecule has 2 aromatic rings. The first-order valence-corrected chi connectivity index (χ1v) is 7.56. The van der Waals surface area contributed by atoms with E-state index >= 15 is 0 Å². The maximum Gasteiger partial charge on any atom is 0.341 e. The van der Waals surface area contributed by atoms with Crippen molar-refractivity contribution in [2.24, 2.45) is 0 Å². The van der Waals surface area contributed by atoms with Crippen LogP contribution in [0.1, 0.15) is 22.8 Å². The molecule has 0 aliphatic rings. The summed E-state index contributed by atoms with van der Waals surface area (Å²) >= 11 is 0. The number of benzene rings is 1. The lowest BCUT2D eigenvalue weighted by molar-refractivity contribution is -0.308. The van der Waals surface area contributed by atoms with Crippen LogP contribution in [0.4, 0.5) is 13.2 Å². The third-order valence-electron chi connectivity index (χ3n) is 3.28. The second-order valence-corrected chi connectivity index (χ2v) is 5.31. The van der Waals surface area contributed by atoms with Gasteiger partial charge in [-0.25, -0.2) is 13.6 Å². The Labute approximate surface area is 146 Å². The molecule has 0 aliphatic carbocycles. The standard InChI is InChI=1S/C16H17F3N2O5/c1-2-25-13(22)11-7-20-21(9-11)8-10-4-3-5-12(6-10)26-15(19)16(23,24)14(17)18/h3-7,9,14-15,23-24H,2,8H2,1H3. The molecule has 0 saturated carbocycles. The third kappa shape index (κ3) is 4.73. The topological polar surface area (TPSA) is 93.8 Å². The average molecular weight is 374 g/mol. The van der Waals surface area contributed by atoms with Gasteiger partial charge >= 0.3 is 5.97 Å². The van der Waals surface area contributed by atoms with Crippen LogP contribution in [-0.2, 0) is 11.3 Å². The van der Waals surface area contributed by atoms with Gasteiger partial charge in [-0.05, 0) is 24.6 Å². The molecule has 0 amide bonds. The molecule has 0 fully saturated rings. The van der Waals surface area contributed by atoms with E-state index in [4.69, 9.17) is 14.9 Å². The molecule has 0 aliphatic heterocycles. The van der Waals surface area contributed by atoms with Gasteiger partial charge in [-0.1, -0.05) is 12.1 Å². The van der Waals surface area contributed by atoms with Crippen LogP contribution in [0.25, 0.3) is 0 Å². The summed E-state index contributed by atoms with van der Waals surface area (Å²) in [4.78, 5) is 11.6. The first kappa shape index (κ1) is 19.7. The van der Waals surface area contributed by atoms with Crippen molar-refractivity contribution >= 4 is 5.97 Å². The van der Waals surface area contributed by atoms with E-state index in [1.54, 1.807) is 13.0 Å². The summed E-state index contributed by atoms with van der Waals surface area (Å²) in [5.41, 5.74) is 0.803. The van der Waals surface area contributed by atoms with E-state index in [-0.39, 0.29) is 24.5 Å². The van der Waals surface area contributed by atoms with Crippen LogP contribution in [0.2, 0.25) is 0 Å². The van der Waals surface area contributed by atoms with Gasteiger partial charge in [-0.2, -0.15) is 9.49 Å². The van der Waals surface area contributed by atoms with Crippen LogP contribution in [0, 0.1) is 0 Å². The number of alkyl halides is 3. The lowest BCUT2D eigenvalue weighted by Crippen LogP contribution is -2.49. The second-order valence-electron chi connectivity index (χ2n) is 5.31. The number of rotatable bonds is 8. The summed E-state index contributed by atoms with van der Waals surface area (Å²) in [6, 6.07) is 5.68. The van der Waals surface area contributed by atoms with Gasteiger partial charge in [0.1, 0.15) is 5.75 Å². The summed E-state index contributed by atoms with van der Waals surface area (Å²) in [7, 11) is 0. The highest BCUT2D eigenvalue weighted by Crippen LogP contribution is 2.24. The highest BCUT2D eigenvalue weighted by atomic mass is 19.3. The van der Waals surface area contributed by atoms with Gasteiger partial charge in [-0.15, -0.1) is 0 Å². The Kier molecular flexibility index (Phi) is 6.22. The van der Waals surface area contributed by atoms with Crippen LogP contribution in [0.3, 0.4) is 0 Å². The smallest absolute Gasteiger partial charge is 0.341 e. The lowest BCUT2D eigenvalue weighted by Gasteiger charge is -2.24. The fourth-order valence-electron chi connectivity index (χ4n) is 1.98. The summed E-state index contributed by atoms with van der Waals surface area (Å²) in [5, 5.41) is 21.9. The van der Waals surface area contributed by atoms with Crippen molar-refractivity contribution in [2.75, 3.05) is 6.61 Å². The van der Waals surface area contributed by atoms with Crippen LogP contribution >= 0.6 is 0 Å². The van der Waals surface area contributed by atoms with E-state index in [1.165, 1.54) is 35.3 Å². The van der Waals surface area contributed by atoms with Gasteiger partial charge in [0, 0.05) is 6.20 Å². The van der Waals surface area contributed by atoms with Crippen molar-refractivity contribution < 1.29 is 37.7 Å². The molecule has 7 nitrogen and oxygen atoms in total. The minimum Gasteiger partial charge on any atom is -0.462 e. The first-order valence-electron chi connectivity index (χ1n) is 7.56. The number of carbonyl (C=O) groups excluding carboxylic acids is 1. The summed E-state index contributed by atoms with van der Waals surface area (Å²) in [6.45, 7) is 2.07. The van der Waals surface area contributed by atoms with Gasteiger partial charge < -0.3 is 19.7 Å². The van der Waals surface area contributed by atoms with E-state index in [1.807, 2.05) is 0 Å². The molecule has 1 aromatic carbocycles. The number of nitrogens with zero attached hydrogens (tertiary/aromatic N) is 2. The van der Waals surface area contributed by atoms with Crippen molar-refractivity contribution in [3.8, 4) is 5.75 Å². The molecular weight excluding hydrogens is 357 g/mol. The zero-order chi connectivity index (χ0) is 19.3. The van der Waals surface area contributed by atoms with Crippen LogP contribution < -0.4 is 4.74 Å². The fourth-order valence-corrected chi connectivity index (χ4v) is 1.98. The molecule has 0 spiro atoms. The number of aliphatic hydroxyl groups is 2. The number of esters is 1. The van der Waals surface area contributed by atoms with E-state index in [9.17, 15) is 18.0 Å². The fraction of sp³-hybridized carbons (Fsp3) is 0.375. The molecule has 0 saturated heterocycles. The predicted molar refractivity (Wildman–Crippen MR) is 82.4 cm³/mol. The largest absolute Gasteiger partial charge is 0.462 e. The lowest BCUT2D eigenvalue weighted by atomic mass is 10.2. The Morgan fingerprint density at radius 3 is 2.73 bits per heavy atom. The van der Waals surface area contributed by atoms with Gasteiger partial charge in [0.2, 0.25) is 0 Å². The molecule has 26 heavy (non-hydrogen) atoms. The van der Waals surface area contributed by atoms with Crippen molar-refractivity contribution in [2.45, 2.75) is 32.0 Å². The summed E-state index contributed by atoms with van der Waals surface area (Å²) in [6.07, 6.45) is -4.01. The number of hydrogen-bond acceptors (Lipinski definition) is 6. The molecular formula is C16H17F3N2O5. The molecule has 1 heterocycles. The Morgan fingerprint density at radius 1 is 1.35 bits per heavy atom.